The molecule has 0 saturated heterocycles. The largest absolute Gasteiger partial charge is 0.472 e. The van der Waals surface area contributed by atoms with Crippen LogP contribution in [0.25, 0.3) is 0 Å². The van der Waals surface area contributed by atoms with Crippen molar-refractivity contribution in [1.82, 2.24) is 0 Å². The number of carbonyl (C=O) groups excluding carboxylic acids is 1. The van der Waals surface area contributed by atoms with E-state index >= 15 is 0 Å². The van der Waals surface area contributed by atoms with Crippen LogP contribution in [0.3, 0.4) is 0 Å². The third-order valence-electron chi connectivity index (χ3n) is 2.45. The van der Waals surface area contributed by atoms with Crippen LogP contribution in [0, 0.1) is 5.92 Å². The normalized spacial score (nSPS) is 13.3. The smallest absolute Gasteiger partial charge is 0.188 e. The van der Waals surface area contributed by atoms with Gasteiger partial charge in [-0.25, -0.2) is 0 Å². The second kappa shape index (κ2) is 7.84. The van der Waals surface area contributed by atoms with E-state index in [1.165, 1.54) is 18.6 Å². The van der Waals surface area contributed by atoms with E-state index in [-0.39, 0.29) is 18.0 Å². The van der Waals surface area contributed by atoms with Crippen molar-refractivity contribution in [3.63, 3.8) is 0 Å². The summed E-state index contributed by atoms with van der Waals surface area (Å²) in [6.07, 6.45) is 5.92. The highest BCUT2D eigenvalue weighted by atomic mass is 16.7. The van der Waals surface area contributed by atoms with Gasteiger partial charge in [-0.05, 0) is 26.0 Å². The number of rotatable bonds is 8. The zero-order valence-electron chi connectivity index (χ0n) is 11.1. The Bertz CT molecular complexity index is 361. The lowest BCUT2D eigenvalue weighted by molar-refractivity contribution is -0.154. The maximum atomic E-state index is 11.7. The van der Waals surface area contributed by atoms with Crippen LogP contribution in [0.2, 0.25) is 0 Å². The van der Waals surface area contributed by atoms with Gasteiger partial charge in [0, 0.05) is 19.1 Å². The molecule has 0 aromatic carbocycles. The summed E-state index contributed by atoms with van der Waals surface area (Å²) in [7, 11) is 0. The summed E-state index contributed by atoms with van der Waals surface area (Å²) in [6, 6.07) is 1.64. The van der Waals surface area contributed by atoms with Crippen LogP contribution in [0.15, 0.2) is 35.2 Å². The Labute approximate surface area is 108 Å². The average Bonchev–Trinajstić information content (AvgIpc) is 2.89. The van der Waals surface area contributed by atoms with Crippen LogP contribution in [0.5, 0.6) is 0 Å². The minimum absolute atomic E-state index is 0.0146. The molecule has 4 nitrogen and oxygen atoms in total. The predicted molar refractivity (Wildman–Crippen MR) is 68.4 cm³/mol. The van der Waals surface area contributed by atoms with E-state index in [1.807, 2.05) is 20.8 Å². The lowest BCUT2D eigenvalue weighted by atomic mass is 10.1. The third-order valence-corrected chi connectivity index (χ3v) is 2.45. The van der Waals surface area contributed by atoms with E-state index in [9.17, 15) is 4.79 Å². The Morgan fingerprint density at radius 1 is 1.39 bits per heavy atom. The fourth-order valence-electron chi connectivity index (χ4n) is 1.51. The van der Waals surface area contributed by atoms with Gasteiger partial charge in [0.1, 0.15) is 6.26 Å². The predicted octanol–water partition coefficient (Wildman–Crippen LogP) is 3.05. The van der Waals surface area contributed by atoms with Crippen molar-refractivity contribution in [2.24, 2.45) is 5.92 Å². The highest BCUT2D eigenvalue weighted by Gasteiger charge is 2.15. The van der Waals surface area contributed by atoms with Gasteiger partial charge in [-0.2, -0.15) is 0 Å². The standard InChI is InChI=1S/C14H20O4/c1-4-17-14(18-5-2)11(3)6-7-13(15)12-8-9-16-10-12/h6-11,14H,4-5H2,1-3H3/b7-6+. The highest BCUT2D eigenvalue weighted by Crippen LogP contribution is 2.12. The Morgan fingerprint density at radius 2 is 2.06 bits per heavy atom. The van der Waals surface area contributed by atoms with Gasteiger partial charge in [0.25, 0.3) is 0 Å². The monoisotopic (exact) mass is 252 g/mol. The van der Waals surface area contributed by atoms with Crippen LogP contribution in [-0.4, -0.2) is 25.3 Å². The number of hydrogen-bond donors (Lipinski definition) is 0. The number of hydrogen-bond acceptors (Lipinski definition) is 4. The van der Waals surface area contributed by atoms with Gasteiger partial charge >= 0.3 is 0 Å². The van der Waals surface area contributed by atoms with Crippen LogP contribution in [-0.2, 0) is 9.47 Å². The molecule has 1 rings (SSSR count). The molecular formula is C14H20O4. The summed E-state index contributed by atoms with van der Waals surface area (Å²) >= 11 is 0. The maximum absolute atomic E-state index is 11.7. The summed E-state index contributed by atoms with van der Waals surface area (Å²) in [6.45, 7) is 6.95. The molecule has 0 aliphatic rings. The first-order chi connectivity index (χ1) is 8.69. The summed E-state index contributed by atoms with van der Waals surface area (Å²) in [5.74, 6) is -0.0666. The van der Waals surface area contributed by atoms with Crippen molar-refractivity contribution in [3.05, 3.63) is 36.3 Å². The first-order valence-electron chi connectivity index (χ1n) is 6.17. The van der Waals surface area contributed by atoms with E-state index in [4.69, 9.17) is 13.9 Å². The van der Waals surface area contributed by atoms with Gasteiger partial charge in [-0.1, -0.05) is 13.0 Å². The number of allylic oxidation sites excluding steroid dienone is 1. The molecule has 0 N–H and O–H groups in total. The minimum atomic E-state index is -0.312. The molecule has 0 aliphatic carbocycles. The maximum Gasteiger partial charge on any atom is 0.188 e. The highest BCUT2D eigenvalue weighted by molar-refractivity contribution is 6.04. The Balaban J connectivity index is 2.56. The molecular weight excluding hydrogens is 232 g/mol. The summed E-state index contributed by atoms with van der Waals surface area (Å²) in [4.78, 5) is 11.7. The molecule has 0 amide bonds. The van der Waals surface area contributed by atoms with E-state index in [1.54, 1.807) is 12.1 Å². The molecule has 0 bridgehead atoms. The molecule has 1 aromatic heterocycles. The van der Waals surface area contributed by atoms with Crippen molar-refractivity contribution in [2.45, 2.75) is 27.1 Å². The Kier molecular flexibility index (Phi) is 6.39. The van der Waals surface area contributed by atoms with Gasteiger partial charge in [0.15, 0.2) is 12.1 Å². The Morgan fingerprint density at radius 3 is 2.56 bits per heavy atom. The second-order valence-electron chi connectivity index (χ2n) is 3.87. The van der Waals surface area contributed by atoms with Gasteiger partial charge in [0.2, 0.25) is 0 Å². The number of carbonyl (C=O) groups is 1. The average molecular weight is 252 g/mol. The molecule has 1 atom stereocenters. The molecule has 0 saturated carbocycles. The first kappa shape index (κ1) is 14.7. The topological polar surface area (TPSA) is 48.7 Å². The molecule has 0 fully saturated rings. The number of furan rings is 1. The molecule has 1 unspecified atom stereocenters. The SMILES string of the molecule is CCOC(OCC)C(C)/C=C/C(=O)c1ccoc1. The molecule has 0 spiro atoms. The van der Waals surface area contributed by atoms with E-state index in [0.717, 1.165) is 0 Å². The lowest BCUT2D eigenvalue weighted by Gasteiger charge is -2.20. The van der Waals surface area contributed by atoms with Gasteiger partial charge in [-0.3, -0.25) is 4.79 Å². The summed E-state index contributed by atoms with van der Waals surface area (Å²) in [5.41, 5.74) is 0.544. The molecule has 18 heavy (non-hydrogen) atoms. The molecule has 0 aliphatic heterocycles. The van der Waals surface area contributed by atoms with Crippen LogP contribution in [0.4, 0.5) is 0 Å². The summed E-state index contributed by atoms with van der Waals surface area (Å²) in [5, 5.41) is 0. The first-order valence-corrected chi connectivity index (χ1v) is 6.17. The van der Waals surface area contributed by atoms with Crippen LogP contribution >= 0.6 is 0 Å². The van der Waals surface area contributed by atoms with Crippen LogP contribution in [0.1, 0.15) is 31.1 Å². The van der Waals surface area contributed by atoms with Gasteiger partial charge in [0.05, 0.1) is 11.8 Å². The van der Waals surface area contributed by atoms with Gasteiger partial charge in [-0.15, -0.1) is 0 Å². The fourth-order valence-corrected chi connectivity index (χ4v) is 1.51. The minimum Gasteiger partial charge on any atom is -0.472 e. The van der Waals surface area contributed by atoms with E-state index in [2.05, 4.69) is 0 Å². The van der Waals surface area contributed by atoms with Gasteiger partial charge < -0.3 is 13.9 Å². The second-order valence-corrected chi connectivity index (χ2v) is 3.87. The number of ketones is 1. The fraction of sp³-hybridized carbons (Fsp3) is 0.500. The molecule has 0 radical (unpaired) electrons. The Hall–Kier alpha value is -1.39. The van der Waals surface area contributed by atoms with E-state index in [0.29, 0.717) is 18.8 Å². The number of ether oxygens (including phenoxy) is 2. The van der Waals surface area contributed by atoms with Crippen LogP contribution < -0.4 is 0 Å². The zero-order valence-corrected chi connectivity index (χ0v) is 11.1. The molecule has 4 heteroatoms. The molecule has 1 heterocycles. The quantitative estimate of drug-likeness (QED) is 0.405. The van der Waals surface area contributed by atoms with Crippen molar-refractivity contribution in [3.8, 4) is 0 Å². The lowest BCUT2D eigenvalue weighted by Crippen LogP contribution is -2.24. The van der Waals surface area contributed by atoms with E-state index < -0.39 is 0 Å². The third kappa shape index (κ3) is 4.47. The van der Waals surface area contributed by atoms with Crippen molar-refractivity contribution < 1.29 is 18.7 Å². The summed E-state index contributed by atoms with van der Waals surface area (Å²) < 4.78 is 15.8. The molecule has 100 valence electrons. The molecule has 1 aromatic rings. The van der Waals surface area contributed by atoms with Crippen molar-refractivity contribution in [1.29, 1.82) is 0 Å². The van der Waals surface area contributed by atoms with Crippen molar-refractivity contribution >= 4 is 5.78 Å². The zero-order chi connectivity index (χ0) is 13.4. The van der Waals surface area contributed by atoms with Crippen molar-refractivity contribution in [2.75, 3.05) is 13.2 Å².